The zero-order chi connectivity index (χ0) is 13.9. The Hall–Kier alpha value is -0.870. The van der Waals surface area contributed by atoms with Gasteiger partial charge in [-0.2, -0.15) is 0 Å². The zero-order valence-corrected chi connectivity index (χ0v) is 12.6. The second-order valence-electron chi connectivity index (χ2n) is 6.14. The fraction of sp³-hybridized carbons (Fsp3) is 0.800. The quantitative estimate of drug-likeness (QED) is 0.858. The minimum Gasteiger partial charge on any atom is -0.380 e. The van der Waals surface area contributed by atoms with E-state index in [1.165, 1.54) is 12.1 Å². The normalized spacial score (nSPS) is 25.1. The lowest BCUT2D eigenvalue weighted by Crippen LogP contribution is -2.31. The minimum atomic E-state index is 0.204. The number of rotatable bonds is 6. The number of imidazole rings is 1. The van der Waals surface area contributed by atoms with Crippen molar-refractivity contribution in [2.24, 2.45) is 5.92 Å². The van der Waals surface area contributed by atoms with Crippen molar-refractivity contribution in [2.45, 2.75) is 45.6 Å². The van der Waals surface area contributed by atoms with Crippen molar-refractivity contribution < 1.29 is 4.74 Å². The molecule has 0 bridgehead atoms. The van der Waals surface area contributed by atoms with Crippen LogP contribution in [-0.2, 0) is 10.2 Å². The molecule has 4 nitrogen and oxygen atoms in total. The molecule has 2 atom stereocenters. The van der Waals surface area contributed by atoms with Gasteiger partial charge in [0.1, 0.15) is 0 Å². The van der Waals surface area contributed by atoms with E-state index in [0.717, 1.165) is 26.3 Å². The molecule has 0 aliphatic carbocycles. The molecule has 2 rings (SSSR count). The first kappa shape index (κ1) is 14.5. The third kappa shape index (κ3) is 3.00. The van der Waals surface area contributed by atoms with Crippen molar-refractivity contribution in [3.63, 3.8) is 0 Å². The van der Waals surface area contributed by atoms with E-state index in [2.05, 4.69) is 42.6 Å². The molecule has 0 saturated carbocycles. The zero-order valence-electron chi connectivity index (χ0n) is 12.6. The van der Waals surface area contributed by atoms with E-state index in [4.69, 9.17) is 4.74 Å². The fourth-order valence-electron chi connectivity index (χ4n) is 2.90. The van der Waals surface area contributed by atoms with Crippen LogP contribution >= 0.6 is 0 Å². The van der Waals surface area contributed by atoms with E-state index in [1.54, 1.807) is 0 Å². The molecule has 4 heteroatoms. The SMILES string of the molecule is CCOCC(C(C)C)n1cncc1C1(C)CCNC1. The topological polar surface area (TPSA) is 39.1 Å². The van der Waals surface area contributed by atoms with Crippen LogP contribution in [0.1, 0.15) is 45.9 Å². The van der Waals surface area contributed by atoms with Crippen molar-refractivity contribution >= 4 is 0 Å². The van der Waals surface area contributed by atoms with Crippen LogP contribution in [0, 0.1) is 5.92 Å². The molecule has 1 fully saturated rings. The number of nitrogens with one attached hydrogen (secondary N) is 1. The molecule has 19 heavy (non-hydrogen) atoms. The number of nitrogens with zero attached hydrogens (tertiary/aromatic N) is 2. The Morgan fingerprint density at radius 1 is 1.53 bits per heavy atom. The highest BCUT2D eigenvalue weighted by molar-refractivity contribution is 5.18. The molecule has 0 radical (unpaired) electrons. The Kier molecular flexibility index (Phi) is 4.63. The van der Waals surface area contributed by atoms with Gasteiger partial charge in [0, 0.05) is 30.5 Å². The van der Waals surface area contributed by atoms with Crippen molar-refractivity contribution in [2.75, 3.05) is 26.3 Å². The molecule has 1 aromatic rings. The van der Waals surface area contributed by atoms with Gasteiger partial charge in [0.15, 0.2) is 0 Å². The van der Waals surface area contributed by atoms with E-state index < -0.39 is 0 Å². The molecular formula is C15H27N3O. The van der Waals surface area contributed by atoms with Gasteiger partial charge in [-0.1, -0.05) is 20.8 Å². The van der Waals surface area contributed by atoms with Crippen molar-refractivity contribution in [3.8, 4) is 0 Å². The number of hydrogen-bond donors (Lipinski definition) is 1. The first-order valence-corrected chi connectivity index (χ1v) is 7.39. The number of aromatic nitrogens is 2. The van der Waals surface area contributed by atoms with Crippen LogP contribution < -0.4 is 5.32 Å². The van der Waals surface area contributed by atoms with Gasteiger partial charge in [-0.15, -0.1) is 0 Å². The second kappa shape index (κ2) is 6.06. The summed E-state index contributed by atoms with van der Waals surface area (Å²) in [5.74, 6) is 0.539. The lowest BCUT2D eigenvalue weighted by Gasteiger charge is -2.30. The maximum Gasteiger partial charge on any atom is 0.0951 e. The highest BCUT2D eigenvalue weighted by Gasteiger charge is 2.35. The Balaban J connectivity index is 2.25. The molecule has 0 aromatic carbocycles. The van der Waals surface area contributed by atoms with Gasteiger partial charge in [-0.25, -0.2) is 4.98 Å². The summed E-state index contributed by atoms with van der Waals surface area (Å²) < 4.78 is 8.01. The largest absolute Gasteiger partial charge is 0.380 e. The van der Waals surface area contributed by atoms with Crippen LogP contribution in [0.4, 0.5) is 0 Å². The maximum absolute atomic E-state index is 5.67. The van der Waals surface area contributed by atoms with E-state index in [-0.39, 0.29) is 5.41 Å². The maximum atomic E-state index is 5.67. The van der Waals surface area contributed by atoms with Crippen molar-refractivity contribution in [3.05, 3.63) is 18.2 Å². The first-order chi connectivity index (χ1) is 9.08. The van der Waals surface area contributed by atoms with Gasteiger partial charge >= 0.3 is 0 Å². The highest BCUT2D eigenvalue weighted by atomic mass is 16.5. The van der Waals surface area contributed by atoms with Crippen LogP contribution in [0.25, 0.3) is 0 Å². The third-order valence-electron chi connectivity index (χ3n) is 4.27. The molecule has 0 spiro atoms. The van der Waals surface area contributed by atoms with E-state index in [1.807, 2.05) is 12.5 Å². The summed E-state index contributed by atoms with van der Waals surface area (Å²) >= 11 is 0. The van der Waals surface area contributed by atoms with Crippen LogP contribution in [0.3, 0.4) is 0 Å². The molecule has 1 aliphatic heterocycles. The molecule has 1 saturated heterocycles. The lowest BCUT2D eigenvalue weighted by molar-refractivity contribution is 0.0941. The predicted molar refractivity (Wildman–Crippen MR) is 77.4 cm³/mol. The third-order valence-corrected chi connectivity index (χ3v) is 4.27. The summed E-state index contributed by atoms with van der Waals surface area (Å²) in [6, 6.07) is 0.370. The summed E-state index contributed by atoms with van der Waals surface area (Å²) in [4.78, 5) is 4.40. The molecule has 108 valence electrons. The average molecular weight is 265 g/mol. The van der Waals surface area contributed by atoms with Crippen molar-refractivity contribution in [1.29, 1.82) is 0 Å². The standard InChI is InChI=1S/C15H27N3O/c1-5-19-9-13(12(2)3)18-11-17-8-14(18)15(4)6-7-16-10-15/h8,11-13,16H,5-7,9-10H2,1-4H3. The molecular weight excluding hydrogens is 238 g/mol. The van der Waals surface area contributed by atoms with Crippen LogP contribution in [0.15, 0.2) is 12.5 Å². The Morgan fingerprint density at radius 3 is 2.89 bits per heavy atom. The highest BCUT2D eigenvalue weighted by Crippen LogP contribution is 2.33. The smallest absolute Gasteiger partial charge is 0.0951 e. The van der Waals surface area contributed by atoms with Gasteiger partial charge < -0.3 is 14.6 Å². The second-order valence-corrected chi connectivity index (χ2v) is 6.14. The fourth-order valence-corrected chi connectivity index (χ4v) is 2.90. The van der Waals surface area contributed by atoms with Crippen LogP contribution in [-0.4, -0.2) is 35.9 Å². The Bertz CT molecular complexity index is 394. The molecule has 0 amide bonds. The summed E-state index contributed by atoms with van der Waals surface area (Å²) in [6.45, 7) is 12.6. The number of hydrogen-bond acceptors (Lipinski definition) is 3. The summed E-state index contributed by atoms with van der Waals surface area (Å²) in [7, 11) is 0. The first-order valence-electron chi connectivity index (χ1n) is 7.39. The van der Waals surface area contributed by atoms with E-state index in [9.17, 15) is 0 Å². The summed E-state index contributed by atoms with van der Waals surface area (Å²) in [5.41, 5.74) is 1.55. The van der Waals surface area contributed by atoms with E-state index >= 15 is 0 Å². The minimum absolute atomic E-state index is 0.204. The summed E-state index contributed by atoms with van der Waals surface area (Å²) in [6.07, 6.45) is 5.19. The Labute approximate surface area is 116 Å². The molecule has 1 N–H and O–H groups in total. The lowest BCUT2D eigenvalue weighted by atomic mass is 9.85. The molecule has 2 heterocycles. The predicted octanol–water partition coefficient (Wildman–Crippen LogP) is 2.37. The van der Waals surface area contributed by atoms with Gasteiger partial charge in [0.05, 0.1) is 19.0 Å². The molecule has 1 aromatic heterocycles. The average Bonchev–Trinajstić information content (AvgIpc) is 2.99. The van der Waals surface area contributed by atoms with Gasteiger partial charge in [-0.3, -0.25) is 0 Å². The van der Waals surface area contributed by atoms with Gasteiger partial charge in [-0.05, 0) is 25.8 Å². The van der Waals surface area contributed by atoms with Gasteiger partial charge in [0.2, 0.25) is 0 Å². The Morgan fingerprint density at radius 2 is 2.32 bits per heavy atom. The van der Waals surface area contributed by atoms with E-state index in [0.29, 0.717) is 12.0 Å². The molecule has 2 unspecified atom stereocenters. The van der Waals surface area contributed by atoms with Crippen LogP contribution in [0.5, 0.6) is 0 Å². The van der Waals surface area contributed by atoms with Gasteiger partial charge in [0.25, 0.3) is 0 Å². The monoisotopic (exact) mass is 265 g/mol. The summed E-state index contributed by atoms with van der Waals surface area (Å²) in [5, 5.41) is 3.47. The number of ether oxygens (including phenoxy) is 1. The van der Waals surface area contributed by atoms with Crippen molar-refractivity contribution in [1.82, 2.24) is 14.9 Å². The van der Waals surface area contributed by atoms with Crippen LogP contribution in [0.2, 0.25) is 0 Å². The molecule has 1 aliphatic rings.